The highest BCUT2D eigenvalue weighted by atomic mass is 19.1. The van der Waals surface area contributed by atoms with E-state index < -0.39 is 0 Å². The Labute approximate surface area is 112 Å². The summed E-state index contributed by atoms with van der Waals surface area (Å²) >= 11 is 0. The number of anilines is 1. The van der Waals surface area contributed by atoms with Crippen molar-refractivity contribution in [2.45, 2.75) is 6.92 Å². The van der Waals surface area contributed by atoms with E-state index in [1.807, 2.05) is 49.4 Å². The minimum Gasteiger partial charge on any atom is -0.278 e. The Hall–Kier alpha value is -2.42. The first-order valence-electron chi connectivity index (χ1n) is 6.03. The standard InChI is InChI=1S/C16H15FN2/c1-13(18-19-16-5-3-2-4-6-16)7-8-14-9-11-15(17)12-10-14/h2-12,19H,1H3/b8-7+,18-13-. The van der Waals surface area contributed by atoms with Crippen LogP contribution in [-0.2, 0) is 0 Å². The van der Waals surface area contributed by atoms with E-state index in [0.29, 0.717) is 0 Å². The second-order valence-corrected chi connectivity index (χ2v) is 4.12. The summed E-state index contributed by atoms with van der Waals surface area (Å²) in [6.45, 7) is 1.90. The van der Waals surface area contributed by atoms with Gasteiger partial charge in [0, 0.05) is 0 Å². The molecule has 0 spiro atoms. The van der Waals surface area contributed by atoms with Gasteiger partial charge in [-0.2, -0.15) is 5.10 Å². The fourth-order valence-corrected chi connectivity index (χ4v) is 1.49. The molecule has 0 heterocycles. The zero-order valence-corrected chi connectivity index (χ0v) is 10.7. The van der Waals surface area contributed by atoms with E-state index in [0.717, 1.165) is 17.0 Å². The molecule has 2 nitrogen and oxygen atoms in total. The van der Waals surface area contributed by atoms with Crippen LogP contribution in [0.3, 0.4) is 0 Å². The number of nitrogens with zero attached hydrogens (tertiary/aromatic N) is 1. The fourth-order valence-electron chi connectivity index (χ4n) is 1.49. The minimum absolute atomic E-state index is 0.228. The number of benzene rings is 2. The summed E-state index contributed by atoms with van der Waals surface area (Å²) in [6.07, 6.45) is 3.77. The summed E-state index contributed by atoms with van der Waals surface area (Å²) in [5.41, 5.74) is 5.69. The third-order valence-electron chi connectivity index (χ3n) is 2.52. The van der Waals surface area contributed by atoms with Crippen molar-refractivity contribution in [3.8, 4) is 0 Å². The lowest BCUT2D eigenvalue weighted by Crippen LogP contribution is -1.93. The molecule has 0 unspecified atom stereocenters. The normalized spacial score (nSPS) is 11.8. The van der Waals surface area contributed by atoms with Crippen molar-refractivity contribution in [1.29, 1.82) is 0 Å². The van der Waals surface area contributed by atoms with Crippen molar-refractivity contribution in [3.63, 3.8) is 0 Å². The van der Waals surface area contributed by atoms with Gasteiger partial charge < -0.3 is 0 Å². The van der Waals surface area contributed by atoms with Crippen LogP contribution in [0.1, 0.15) is 12.5 Å². The van der Waals surface area contributed by atoms with Crippen LogP contribution in [-0.4, -0.2) is 5.71 Å². The first-order chi connectivity index (χ1) is 9.24. The molecular formula is C16H15FN2. The van der Waals surface area contributed by atoms with E-state index in [4.69, 9.17) is 0 Å². The summed E-state index contributed by atoms with van der Waals surface area (Å²) < 4.78 is 12.7. The molecule has 96 valence electrons. The van der Waals surface area contributed by atoms with Gasteiger partial charge in [0.2, 0.25) is 0 Å². The van der Waals surface area contributed by atoms with Gasteiger partial charge in [-0.25, -0.2) is 4.39 Å². The van der Waals surface area contributed by atoms with Crippen molar-refractivity contribution in [2.24, 2.45) is 5.10 Å². The Balaban J connectivity index is 1.96. The average molecular weight is 254 g/mol. The molecule has 19 heavy (non-hydrogen) atoms. The van der Waals surface area contributed by atoms with E-state index in [-0.39, 0.29) is 5.82 Å². The van der Waals surface area contributed by atoms with Crippen LogP contribution in [0.5, 0.6) is 0 Å². The van der Waals surface area contributed by atoms with Gasteiger partial charge in [-0.05, 0) is 42.8 Å². The molecule has 3 heteroatoms. The van der Waals surface area contributed by atoms with Crippen LogP contribution in [0.15, 0.2) is 65.8 Å². The lowest BCUT2D eigenvalue weighted by molar-refractivity contribution is 0.628. The van der Waals surface area contributed by atoms with Crippen molar-refractivity contribution in [3.05, 3.63) is 72.1 Å². The van der Waals surface area contributed by atoms with E-state index in [1.54, 1.807) is 12.1 Å². The minimum atomic E-state index is -0.228. The number of hydrogen-bond acceptors (Lipinski definition) is 2. The molecule has 2 aromatic rings. The molecule has 0 saturated heterocycles. The molecule has 0 atom stereocenters. The SMILES string of the molecule is CC(/C=C/c1ccc(F)cc1)=N/Nc1ccccc1. The lowest BCUT2D eigenvalue weighted by Gasteiger charge is -1.99. The summed E-state index contributed by atoms with van der Waals surface area (Å²) in [5.74, 6) is -0.228. The number of allylic oxidation sites excluding steroid dienone is 1. The summed E-state index contributed by atoms with van der Waals surface area (Å²) in [6, 6.07) is 16.1. The van der Waals surface area contributed by atoms with Crippen LogP contribution in [0.2, 0.25) is 0 Å². The Morgan fingerprint density at radius 2 is 1.74 bits per heavy atom. The molecule has 0 aliphatic carbocycles. The van der Waals surface area contributed by atoms with Gasteiger partial charge in [0.15, 0.2) is 0 Å². The predicted molar refractivity (Wildman–Crippen MR) is 78.6 cm³/mol. The van der Waals surface area contributed by atoms with Gasteiger partial charge in [0.1, 0.15) is 5.82 Å². The van der Waals surface area contributed by atoms with Crippen molar-refractivity contribution >= 4 is 17.5 Å². The quantitative estimate of drug-likeness (QED) is 0.637. The maximum absolute atomic E-state index is 12.7. The van der Waals surface area contributed by atoms with E-state index in [1.165, 1.54) is 12.1 Å². The Kier molecular flexibility index (Phi) is 4.45. The molecule has 2 aromatic carbocycles. The molecule has 0 bridgehead atoms. The Bertz CT molecular complexity index is 571. The highest BCUT2D eigenvalue weighted by Gasteiger charge is 1.90. The maximum atomic E-state index is 12.7. The zero-order chi connectivity index (χ0) is 13.5. The summed E-state index contributed by atoms with van der Waals surface area (Å²) in [7, 11) is 0. The van der Waals surface area contributed by atoms with Gasteiger partial charge in [-0.3, -0.25) is 5.43 Å². The number of para-hydroxylation sites is 1. The van der Waals surface area contributed by atoms with Crippen LogP contribution in [0, 0.1) is 5.82 Å². The molecular weight excluding hydrogens is 239 g/mol. The number of nitrogens with one attached hydrogen (secondary N) is 1. The number of halogens is 1. The number of hydrazone groups is 1. The first-order valence-corrected chi connectivity index (χ1v) is 6.03. The second kappa shape index (κ2) is 6.50. The Morgan fingerprint density at radius 1 is 1.05 bits per heavy atom. The molecule has 0 aromatic heterocycles. The van der Waals surface area contributed by atoms with Crippen LogP contribution < -0.4 is 5.43 Å². The molecule has 0 aliphatic heterocycles. The van der Waals surface area contributed by atoms with E-state index in [2.05, 4.69) is 10.5 Å². The van der Waals surface area contributed by atoms with Crippen molar-refractivity contribution in [1.82, 2.24) is 0 Å². The van der Waals surface area contributed by atoms with Crippen LogP contribution in [0.25, 0.3) is 6.08 Å². The van der Waals surface area contributed by atoms with E-state index in [9.17, 15) is 4.39 Å². The largest absolute Gasteiger partial charge is 0.278 e. The maximum Gasteiger partial charge on any atom is 0.123 e. The molecule has 0 saturated carbocycles. The fraction of sp³-hybridized carbons (Fsp3) is 0.0625. The molecule has 0 radical (unpaired) electrons. The highest BCUT2D eigenvalue weighted by molar-refractivity contribution is 5.96. The highest BCUT2D eigenvalue weighted by Crippen LogP contribution is 2.06. The third kappa shape index (κ3) is 4.39. The van der Waals surface area contributed by atoms with Gasteiger partial charge in [0.05, 0.1) is 11.4 Å². The molecule has 0 amide bonds. The summed E-state index contributed by atoms with van der Waals surface area (Å²) in [5, 5.41) is 4.23. The van der Waals surface area contributed by atoms with Crippen molar-refractivity contribution < 1.29 is 4.39 Å². The third-order valence-corrected chi connectivity index (χ3v) is 2.52. The number of hydrogen-bond donors (Lipinski definition) is 1. The monoisotopic (exact) mass is 254 g/mol. The lowest BCUT2D eigenvalue weighted by atomic mass is 10.2. The molecule has 0 fully saturated rings. The molecule has 2 rings (SSSR count). The number of rotatable bonds is 4. The smallest absolute Gasteiger partial charge is 0.123 e. The second-order valence-electron chi connectivity index (χ2n) is 4.12. The van der Waals surface area contributed by atoms with Crippen molar-refractivity contribution in [2.75, 3.05) is 5.43 Å². The topological polar surface area (TPSA) is 24.4 Å². The van der Waals surface area contributed by atoms with Crippen LogP contribution in [0.4, 0.5) is 10.1 Å². The zero-order valence-electron chi connectivity index (χ0n) is 10.7. The molecule has 1 N–H and O–H groups in total. The summed E-state index contributed by atoms with van der Waals surface area (Å²) in [4.78, 5) is 0. The van der Waals surface area contributed by atoms with E-state index >= 15 is 0 Å². The first kappa shape index (κ1) is 13.0. The molecule has 0 aliphatic rings. The van der Waals surface area contributed by atoms with Gasteiger partial charge >= 0.3 is 0 Å². The van der Waals surface area contributed by atoms with Gasteiger partial charge in [-0.15, -0.1) is 0 Å². The van der Waals surface area contributed by atoms with Crippen LogP contribution >= 0.6 is 0 Å². The predicted octanol–water partition coefficient (Wildman–Crippen LogP) is 4.33. The average Bonchev–Trinajstić information content (AvgIpc) is 2.45. The van der Waals surface area contributed by atoms with Gasteiger partial charge in [-0.1, -0.05) is 36.4 Å². The van der Waals surface area contributed by atoms with Gasteiger partial charge in [0.25, 0.3) is 0 Å². The Morgan fingerprint density at radius 3 is 2.42 bits per heavy atom.